The summed E-state index contributed by atoms with van der Waals surface area (Å²) in [6.45, 7) is 1.53. The summed E-state index contributed by atoms with van der Waals surface area (Å²) in [5.41, 5.74) is 1.55. The van der Waals surface area contributed by atoms with E-state index < -0.39 is 18.0 Å². The van der Waals surface area contributed by atoms with E-state index in [-0.39, 0.29) is 6.42 Å². The maximum atomic E-state index is 12.0. The fraction of sp³-hybridized carbons (Fsp3) is 0.222. The van der Waals surface area contributed by atoms with Crippen molar-refractivity contribution in [2.45, 2.75) is 25.9 Å². The van der Waals surface area contributed by atoms with Crippen LogP contribution in [0.4, 0.5) is 5.69 Å². The van der Waals surface area contributed by atoms with Crippen molar-refractivity contribution in [1.82, 2.24) is 0 Å². The monoisotopic (exact) mass is 331 g/mol. The van der Waals surface area contributed by atoms with Gasteiger partial charge in [0.1, 0.15) is 0 Å². The molecule has 23 heavy (non-hydrogen) atoms. The van der Waals surface area contributed by atoms with Gasteiger partial charge in [0.25, 0.3) is 5.91 Å². The van der Waals surface area contributed by atoms with Gasteiger partial charge in [-0.25, -0.2) is 0 Å². The first-order valence-electron chi connectivity index (χ1n) is 7.35. The summed E-state index contributed by atoms with van der Waals surface area (Å²) in [5.74, 6) is -0.818. The normalized spacial score (nSPS) is 11.6. The van der Waals surface area contributed by atoms with Crippen LogP contribution in [0.5, 0.6) is 0 Å². The van der Waals surface area contributed by atoms with Crippen LogP contribution in [-0.2, 0) is 20.7 Å². The number of anilines is 1. The Morgan fingerprint density at radius 2 is 1.74 bits per heavy atom. The molecule has 0 radical (unpaired) electrons. The summed E-state index contributed by atoms with van der Waals surface area (Å²) < 4.78 is 5.15. The number of esters is 1. The molecule has 0 bridgehead atoms. The average molecular weight is 332 g/mol. The summed E-state index contributed by atoms with van der Waals surface area (Å²) in [6.07, 6.45) is -0.0683. The van der Waals surface area contributed by atoms with E-state index in [1.54, 1.807) is 24.3 Å². The number of benzene rings is 2. The van der Waals surface area contributed by atoms with Crippen LogP contribution in [-0.4, -0.2) is 18.0 Å². The highest BCUT2D eigenvalue weighted by molar-refractivity contribution is 6.33. The summed E-state index contributed by atoms with van der Waals surface area (Å²) in [4.78, 5) is 23.8. The standard InChI is InChI=1S/C18H18ClNO3/c1-13(18(22)20-16-10-6-5-9-15(16)19)23-17(21)12-11-14-7-3-2-4-8-14/h2-10,13H,11-12H2,1H3,(H,20,22)/t13-/m1/s1. The van der Waals surface area contributed by atoms with Gasteiger partial charge >= 0.3 is 5.97 Å². The Labute approximate surface area is 140 Å². The number of carbonyl (C=O) groups is 2. The maximum Gasteiger partial charge on any atom is 0.306 e. The second-order valence-corrected chi connectivity index (χ2v) is 5.49. The third-order valence-corrected chi connectivity index (χ3v) is 3.60. The first kappa shape index (κ1) is 17.0. The molecule has 5 heteroatoms. The Morgan fingerprint density at radius 1 is 1.09 bits per heavy atom. The van der Waals surface area contributed by atoms with E-state index in [9.17, 15) is 9.59 Å². The molecule has 2 rings (SSSR count). The lowest BCUT2D eigenvalue weighted by Gasteiger charge is -2.14. The van der Waals surface area contributed by atoms with Crippen LogP contribution >= 0.6 is 11.6 Å². The fourth-order valence-corrected chi connectivity index (χ4v) is 2.18. The van der Waals surface area contributed by atoms with Crippen molar-refractivity contribution in [3.05, 3.63) is 65.2 Å². The molecule has 2 aromatic carbocycles. The summed E-state index contributed by atoms with van der Waals surface area (Å²) in [5, 5.41) is 3.07. The minimum atomic E-state index is -0.880. The second-order valence-electron chi connectivity index (χ2n) is 5.09. The fourth-order valence-electron chi connectivity index (χ4n) is 2.00. The zero-order valence-corrected chi connectivity index (χ0v) is 13.5. The molecule has 2 aromatic rings. The van der Waals surface area contributed by atoms with Crippen molar-refractivity contribution < 1.29 is 14.3 Å². The van der Waals surface area contributed by atoms with Crippen LogP contribution < -0.4 is 5.32 Å². The Hall–Kier alpha value is -2.33. The van der Waals surface area contributed by atoms with Gasteiger partial charge in [-0.15, -0.1) is 0 Å². The molecule has 4 nitrogen and oxygen atoms in total. The Kier molecular flexibility index (Phi) is 6.18. The third-order valence-electron chi connectivity index (χ3n) is 3.27. The number of rotatable bonds is 6. The molecule has 0 aliphatic rings. The largest absolute Gasteiger partial charge is 0.453 e. The third kappa shape index (κ3) is 5.42. The highest BCUT2D eigenvalue weighted by Gasteiger charge is 2.18. The molecule has 0 fully saturated rings. The number of hydrogen-bond acceptors (Lipinski definition) is 3. The second kappa shape index (κ2) is 8.34. The zero-order valence-electron chi connectivity index (χ0n) is 12.8. The van der Waals surface area contributed by atoms with Gasteiger partial charge in [-0.05, 0) is 31.0 Å². The van der Waals surface area contributed by atoms with E-state index >= 15 is 0 Å². The van der Waals surface area contributed by atoms with Crippen molar-refractivity contribution >= 4 is 29.2 Å². The van der Waals surface area contributed by atoms with Gasteiger partial charge < -0.3 is 10.1 Å². The summed E-state index contributed by atoms with van der Waals surface area (Å²) in [6, 6.07) is 16.5. The van der Waals surface area contributed by atoms with Crippen LogP contribution in [0.15, 0.2) is 54.6 Å². The van der Waals surface area contributed by atoms with Gasteiger partial charge in [0.05, 0.1) is 10.7 Å². The number of halogens is 1. The quantitative estimate of drug-likeness (QED) is 0.818. The lowest BCUT2D eigenvalue weighted by molar-refractivity contribution is -0.153. The molecule has 0 aromatic heterocycles. The van der Waals surface area contributed by atoms with Crippen LogP contribution in [0.3, 0.4) is 0 Å². The van der Waals surface area contributed by atoms with Gasteiger partial charge in [-0.3, -0.25) is 9.59 Å². The van der Waals surface area contributed by atoms with Gasteiger partial charge in [0.2, 0.25) is 0 Å². The molecule has 0 spiro atoms. The Morgan fingerprint density at radius 3 is 2.43 bits per heavy atom. The number of para-hydroxylation sites is 1. The van der Waals surface area contributed by atoms with Crippen LogP contribution in [0.1, 0.15) is 18.9 Å². The lowest BCUT2D eigenvalue weighted by atomic mass is 10.1. The van der Waals surface area contributed by atoms with Crippen molar-refractivity contribution in [1.29, 1.82) is 0 Å². The minimum Gasteiger partial charge on any atom is -0.453 e. The maximum absolute atomic E-state index is 12.0. The first-order valence-corrected chi connectivity index (χ1v) is 7.73. The van der Waals surface area contributed by atoms with E-state index in [4.69, 9.17) is 16.3 Å². The van der Waals surface area contributed by atoms with E-state index in [0.717, 1.165) is 5.56 Å². The van der Waals surface area contributed by atoms with E-state index in [2.05, 4.69) is 5.32 Å². The highest BCUT2D eigenvalue weighted by atomic mass is 35.5. The highest BCUT2D eigenvalue weighted by Crippen LogP contribution is 2.20. The lowest BCUT2D eigenvalue weighted by Crippen LogP contribution is -2.30. The van der Waals surface area contributed by atoms with Crippen LogP contribution in [0.2, 0.25) is 5.02 Å². The molecule has 0 saturated carbocycles. The molecule has 0 saturated heterocycles. The SMILES string of the molecule is C[C@@H](OC(=O)CCc1ccccc1)C(=O)Nc1ccccc1Cl. The Bertz CT molecular complexity index is 673. The van der Waals surface area contributed by atoms with Gasteiger partial charge in [0, 0.05) is 6.42 Å². The number of hydrogen-bond donors (Lipinski definition) is 1. The topological polar surface area (TPSA) is 55.4 Å². The molecule has 120 valence electrons. The van der Waals surface area contributed by atoms with Gasteiger partial charge in [-0.2, -0.15) is 0 Å². The average Bonchev–Trinajstić information content (AvgIpc) is 2.56. The van der Waals surface area contributed by atoms with Crippen molar-refractivity contribution in [3.63, 3.8) is 0 Å². The van der Waals surface area contributed by atoms with Crippen LogP contribution in [0.25, 0.3) is 0 Å². The zero-order chi connectivity index (χ0) is 16.7. The molecule has 1 amide bonds. The molecule has 1 N–H and O–H groups in total. The number of amides is 1. The number of aryl methyl sites for hydroxylation is 1. The number of ether oxygens (including phenoxy) is 1. The predicted octanol–water partition coefficient (Wildman–Crippen LogP) is 3.84. The minimum absolute atomic E-state index is 0.230. The summed E-state index contributed by atoms with van der Waals surface area (Å²) in [7, 11) is 0. The van der Waals surface area contributed by atoms with Gasteiger partial charge in [0.15, 0.2) is 6.10 Å². The molecule has 1 atom stereocenters. The smallest absolute Gasteiger partial charge is 0.306 e. The molecular weight excluding hydrogens is 314 g/mol. The van der Waals surface area contributed by atoms with Crippen molar-refractivity contribution in [2.75, 3.05) is 5.32 Å². The molecule has 0 aliphatic heterocycles. The van der Waals surface area contributed by atoms with Crippen LogP contribution in [0, 0.1) is 0 Å². The first-order chi connectivity index (χ1) is 11.1. The molecule has 0 unspecified atom stereocenters. The Balaban J connectivity index is 1.81. The van der Waals surface area contributed by atoms with E-state index in [0.29, 0.717) is 17.1 Å². The van der Waals surface area contributed by atoms with Crippen molar-refractivity contribution in [3.8, 4) is 0 Å². The van der Waals surface area contributed by atoms with E-state index in [1.807, 2.05) is 30.3 Å². The van der Waals surface area contributed by atoms with E-state index in [1.165, 1.54) is 6.92 Å². The predicted molar refractivity (Wildman–Crippen MR) is 90.4 cm³/mol. The molecule has 0 aliphatic carbocycles. The number of carbonyl (C=O) groups excluding carboxylic acids is 2. The summed E-state index contributed by atoms with van der Waals surface area (Å²) >= 11 is 5.97. The van der Waals surface area contributed by atoms with Gasteiger partial charge in [-0.1, -0.05) is 54.1 Å². The number of nitrogens with one attached hydrogen (secondary N) is 1. The van der Waals surface area contributed by atoms with Crippen molar-refractivity contribution in [2.24, 2.45) is 0 Å². The molecule has 0 heterocycles. The molecular formula is C18H18ClNO3.